The van der Waals surface area contributed by atoms with E-state index in [0.717, 1.165) is 22.3 Å². The first kappa shape index (κ1) is 12.9. The summed E-state index contributed by atoms with van der Waals surface area (Å²) in [5.41, 5.74) is 2.40. The third kappa shape index (κ3) is 2.35. The lowest BCUT2D eigenvalue weighted by molar-refractivity contribution is 0.228. The Labute approximate surface area is 111 Å². The lowest BCUT2D eigenvalue weighted by atomic mass is 9.72. The van der Waals surface area contributed by atoms with Gasteiger partial charge in [0, 0.05) is 16.9 Å². The highest BCUT2D eigenvalue weighted by atomic mass is 79.9. The third-order valence-electron chi connectivity index (χ3n) is 3.95. The van der Waals surface area contributed by atoms with Gasteiger partial charge in [-0.25, -0.2) is 4.39 Å². The number of halogens is 2. The summed E-state index contributed by atoms with van der Waals surface area (Å²) in [5, 5.41) is 3.39. The Morgan fingerprint density at radius 2 is 2.06 bits per heavy atom. The Morgan fingerprint density at radius 1 is 1.41 bits per heavy atom. The second-order valence-electron chi connectivity index (χ2n) is 5.99. The average Bonchev–Trinajstić information content (AvgIpc) is 2.58. The number of nitrogens with one attached hydrogen (secondary N) is 1. The molecular weight excluding hydrogens is 281 g/mol. The van der Waals surface area contributed by atoms with Crippen LogP contribution in [0.25, 0.3) is 0 Å². The van der Waals surface area contributed by atoms with Crippen molar-refractivity contribution in [1.29, 1.82) is 0 Å². The van der Waals surface area contributed by atoms with Crippen molar-refractivity contribution in [3.63, 3.8) is 0 Å². The van der Waals surface area contributed by atoms with Gasteiger partial charge in [-0.1, -0.05) is 27.7 Å². The molecule has 0 saturated carbocycles. The van der Waals surface area contributed by atoms with Gasteiger partial charge in [0.15, 0.2) is 0 Å². The molecule has 1 aromatic carbocycles. The van der Waals surface area contributed by atoms with E-state index >= 15 is 0 Å². The van der Waals surface area contributed by atoms with Gasteiger partial charge in [-0.3, -0.25) is 0 Å². The van der Waals surface area contributed by atoms with Crippen molar-refractivity contribution in [2.75, 3.05) is 11.9 Å². The molecule has 0 saturated heterocycles. The number of anilines is 1. The standard InChI is InChI=1S/C14H19BrFN/c1-8(14(2,3)4)11-7-17-13-10(11)5-9(16)6-12(13)15/h5-6,8,11,17H,7H2,1-4H3. The Balaban J connectivity index is 2.40. The highest BCUT2D eigenvalue weighted by Crippen LogP contribution is 2.45. The third-order valence-corrected chi connectivity index (χ3v) is 4.58. The summed E-state index contributed by atoms with van der Waals surface area (Å²) in [4.78, 5) is 0. The molecule has 2 rings (SSSR count). The Hall–Kier alpha value is -0.570. The second-order valence-corrected chi connectivity index (χ2v) is 6.85. The van der Waals surface area contributed by atoms with Crippen LogP contribution in [0.5, 0.6) is 0 Å². The molecule has 0 spiro atoms. The molecule has 1 aliphatic heterocycles. The van der Waals surface area contributed by atoms with Gasteiger partial charge in [-0.2, -0.15) is 0 Å². The van der Waals surface area contributed by atoms with Crippen molar-refractivity contribution in [1.82, 2.24) is 0 Å². The van der Waals surface area contributed by atoms with E-state index in [9.17, 15) is 4.39 Å². The molecule has 3 heteroatoms. The summed E-state index contributed by atoms with van der Waals surface area (Å²) in [6.45, 7) is 9.87. The van der Waals surface area contributed by atoms with Crippen LogP contribution in [0.15, 0.2) is 16.6 Å². The molecule has 0 amide bonds. The predicted molar refractivity (Wildman–Crippen MR) is 73.9 cm³/mol. The fourth-order valence-electron chi connectivity index (χ4n) is 2.44. The second kappa shape index (κ2) is 4.27. The fraction of sp³-hybridized carbons (Fsp3) is 0.571. The van der Waals surface area contributed by atoms with Crippen LogP contribution in [0, 0.1) is 17.2 Å². The molecule has 1 N–H and O–H groups in total. The van der Waals surface area contributed by atoms with E-state index in [1.807, 2.05) is 0 Å². The maximum absolute atomic E-state index is 13.5. The van der Waals surface area contributed by atoms with Crippen LogP contribution in [0.4, 0.5) is 10.1 Å². The monoisotopic (exact) mass is 299 g/mol. The largest absolute Gasteiger partial charge is 0.383 e. The van der Waals surface area contributed by atoms with Crippen LogP contribution in [0.2, 0.25) is 0 Å². The van der Waals surface area contributed by atoms with Gasteiger partial charge in [0.25, 0.3) is 0 Å². The molecule has 0 aromatic heterocycles. The molecule has 1 heterocycles. The zero-order chi connectivity index (χ0) is 12.8. The van der Waals surface area contributed by atoms with Crippen molar-refractivity contribution in [3.05, 3.63) is 28.0 Å². The van der Waals surface area contributed by atoms with Crippen molar-refractivity contribution in [3.8, 4) is 0 Å². The van der Waals surface area contributed by atoms with Gasteiger partial charge < -0.3 is 5.32 Å². The lowest BCUT2D eigenvalue weighted by Crippen LogP contribution is -2.25. The van der Waals surface area contributed by atoms with Gasteiger partial charge in [0.2, 0.25) is 0 Å². The Bertz CT molecular complexity index is 437. The highest BCUT2D eigenvalue weighted by molar-refractivity contribution is 9.10. The molecule has 1 aromatic rings. The number of hydrogen-bond acceptors (Lipinski definition) is 1. The maximum atomic E-state index is 13.5. The molecule has 2 unspecified atom stereocenters. The normalized spacial score (nSPS) is 20.9. The number of benzene rings is 1. The summed E-state index contributed by atoms with van der Waals surface area (Å²) in [6.07, 6.45) is 0. The van der Waals surface area contributed by atoms with Crippen molar-refractivity contribution < 1.29 is 4.39 Å². The molecular formula is C14H19BrFN. The summed E-state index contributed by atoms with van der Waals surface area (Å²) >= 11 is 3.42. The first-order valence-corrected chi connectivity index (χ1v) is 6.83. The molecule has 0 bridgehead atoms. The van der Waals surface area contributed by atoms with Crippen LogP contribution in [-0.4, -0.2) is 6.54 Å². The van der Waals surface area contributed by atoms with Gasteiger partial charge in [-0.05, 0) is 45.0 Å². The van der Waals surface area contributed by atoms with Crippen LogP contribution in [0.1, 0.15) is 39.2 Å². The van der Waals surface area contributed by atoms with Gasteiger partial charge >= 0.3 is 0 Å². The van der Waals surface area contributed by atoms with Gasteiger partial charge in [0.05, 0.1) is 5.69 Å². The molecule has 0 fully saturated rings. The van der Waals surface area contributed by atoms with E-state index in [1.165, 1.54) is 6.07 Å². The van der Waals surface area contributed by atoms with Crippen LogP contribution < -0.4 is 5.32 Å². The summed E-state index contributed by atoms with van der Waals surface area (Å²) in [7, 11) is 0. The zero-order valence-corrected chi connectivity index (χ0v) is 12.4. The molecule has 1 aliphatic rings. The minimum atomic E-state index is -0.162. The number of fused-ring (bicyclic) bond motifs is 1. The summed E-state index contributed by atoms with van der Waals surface area (Å²) in [5.74, 6) is 0.729. The molecule has 1 nitrogen and oxygen atoms in total. The summed E-state index contributed by atoms with van der Waals surface area (Å²) < 4.78 is 14.3. The van der Waals surface area contributed by atoms with E-state index in [1.54, 1.807) is 6.07 Å². The minimum Gasteiger partial charge on any atom is -0.383 e. The predicted octanol–water partition coefficient (Wildman–Crippen LogP) is 4.78. The Kier molecular flexibility index (Phi) is 3.23. The zero-order valence-electron chi connectivity index (χ0n) is 10.8. The van der Waals surface area contributed by atoms with E-state index in [0.29, 0.717) is 11.8 Å². The Morgan fingerprint density at radius 3 is 2.65 bits per heavy atom. The van der Waals surface area contributed by atoms with E-state index in [2.05, 4.69) is 48.9 Å². The highest BCUT2D eigenvalue weighted by Gasteiger charge is 2.34. The van der Waals surface area contributed by atoms with E-state index < -0.39 is 0 Å². The van der Waals surface area contributed by atoms with E-state index in [4.69, 9.17) is 0 Å². The van der Waals surface area contributed by atoms with Gasteiger partial charge in [-0.15, -0.1) is 0 Å². The van der Waals surface area contributed by atoms with Crippen molar-refractivity contribution >= 4 is 21.6 Å². The SMILES string of the molecule is CC(C1CNc2c(Br)cc(F)cc21)C(C)(C)C. The molecule has 2 atom stereocenters. The number of hydrogen-bond donors (Lipinski definition) is 1. The fourth-order valence-corrected chi connectivity index (χ4v) is 3.03. The molecule has 94 valence electrons. The smallest absolute Gasteiger partial charge is 0.124 e. The lowest BCUT2D eigenvalue weighted by Gasteiger charge is -2.32. The molecule has 17 heavy (non-hydrogen) atoms. The van der Waals surface area contributed by atoms with Crippen LogP contribution in [-0.2, 0) is 0 Å². The van der Waals surface area contributed by atoms with Crippen LogP contribution >= 0.6 is 15.9 Å². The van der Waals surface area contributed by atoms with Crippen molar-refractivity contribution in [2.45, 2.75) is 33.6 Å². The average molecular weight is 300 g/mol. The number of rotatable bonds is 1. The maximum Gasteiger partial charge on any atom is 0.124 e. The minimum absolute atomic E-state index is 0.162. The first-order valence-electron chi connectivity index (χ1n) is 6.03. The molecule has 0 radical (unpaired) electrons. The quantitative estimate of drug-likeness (QED) is 0.787. The topological polar surface area (TPSA) is 12.0 Å². The first-order chi connectivity index (χ1) is 7.80. The van der Waals surface area contributed by atoms with Gasteiger partial charge in [0.1, 0.15) is 5.82 Å². The van der Waals surface area contributed by atoms with Crippen molar-refractivity contribution in [2.24, 2.45) is 11.3 Å². The van der Waals surface area contributed by atoms with Crippen LogP contribution in [0.3, 0.4) is 0 Å². The van der Waals surface area contributed by atoms with E-state index in [-0.39, 0.29) is 11.2 Å². The summed E-state index contributed by atoms with van der Waals surface area (Å²) in [6, 6.07) is 3.20. The molecule has 0 aliphatic carbocycles.